The number of rotatable bonds is 10. The molecule has 0 bridgehead atoms. The van der Waals surface area contributed by atoms with Crippen LogP contribution in [0.4, 0.5) is 0 Å². The summed E-state index contributed by atoms with van der Waals surface area (Å²) >= 11 is 0. The van der Waals surface area contributed by atoms with E-state index in [1.807, 2.05) is 0 Å². The molecule has 0 heteroatoms. The molecule has 0 saturated heterocycles. The molecule has 0 aliphatic heterocycles. The molecule has 0 fully saturated rings. The molecule has 25 heavy (non-hydrogen) atoms. The Balaban J connectivity index is 2.07. The lowest BCUT2D eigenvalue weighted by Crippen LogP contribution is -2.10. The second-order valence-electron chi connectivity index (χ2n) is 7.62. The summed E-state index contributed by atoms with van der Waals surface area (Å²) in [5.74, 6) is 1.43. The van der Waals surface area contributed by atoms with Gasteiger partial charge in [0.05, 0.1) is 0 Å². The van der Waals surface area contributed by atoms with Gasteiger partial charge in [0.25, 0.3) is 0 Å². The Morgan fingerprint density at radius 1 is 0.800 bits per heavy atom. The third kappa shape index (κ3) is 6.34. The third-order valence-electron chi connectivity index (χ3n) is 5.51. The monoisotopic (exact) mass is 336 g/mol. The van der Waals surface area contributed by atoms with E-state index in [-0.39, 0.29) is 0 Å². The predicted molar refractivity (Wildman–Crippen MR) is 111 cm³/mol. The fraction of sp³-hybridized carbons (Fsp3) is 0.520. The second kappa shape index (κ2) is 10.4. The lowest BCUT2D eigenvalue weighted by molar-refractivity contribution is 0.403. The lowest BCUT2D eigenvalue weighted by Gasteiger charge is -2.22. The molecule has 0 aliphatic rings. The first kappa shape index (κ1) is 19.8. The SMILES string of the molecule is CCCCC(Cc1cccc(CC)c1)CC(C)c1cccc(CC)c1. The smallest absolute Gasteiger partial charge is 0.0188 e. The van der Waals surface area contributed by atoms with Gasteiger partial charge >= 0.3 is 0 Å². The first-order chi connectivity index (χ1) is 12.2. The van der Waals surface area contributed by atoms with Crippen molar-refractivity contribution in [3.05, 3.63) is 70.8 Å². The second-order valence-corrected chi connectivity index (χ2v) is 7.62. The fourth-order valence-electron chi connectivity index (χ4n) is 3.86. The number of benzene rings is 2. The summed E-state index contributed by atoms with van der Waals surface area (Å²) in [6, 6.07) is 18.4. The molecule has 2 rings (SSSR count). The number of unbranched alkanes of at least 4 members (excludes halogenated alkanes) is 1. The van der Waals surface area contributed by atoms with Gasteiger partial charge in [-0.25, -0.2) is 0 Å². The van der Waals surface area contributed by atoms with Crippen molar-refractivity contribution in [3.8, 4) is 0 Å². The first-order valence-corrected chi connectivity index (χ1v) is 10.3. The van der Waals surface area contributed by atoms with Crippen LogP contribution in [0.25, 0.3) is 0 Å². The summed E-state index contributed by atoms with van der Waals surface area (Å²) in [6.07, 6.45) is 8.78. The Bertz CT molecular complexity index is 625. The van der Waals surface area contributed by atoms with Crippen LogP contribution in [0.5, 0.6) is 0 Å². The quantitative estimate of drug-likeness (QED) is 0.425. The molecular weight excluding hydrogens is 300 g/mol. The summed E-state index contributed by atoms with van der Waals surface area (Å²) in [5.41, 5.74) is 5.97. The molecule has 2 unspecified atom stereocenters. The Morgan fingerprint density at radius 2 is 1.44 bits per heavy atom. The zero-order valence-electron chi connectivity index (χ0n) is 16.7. The Hall–Kier alpha value is -1.56. The van der Waals surface area contributed by atoms with Gasteiger partial charge in [-0.1, -0.05) is 95.5 Å². The minimum absolute atomic E-state index is 0.641. The highest BCUT2D eigenvalue weighted by atomic mass is 14.2. The Labute approximate surface area is 155 Å². The maximum absolute atomic E-state index is 2.42. The normalized spacial score (nSPS) is 13.6. The van der Waals surface area contributed by atoms with Crippen molar-refractivity contribution in [3.63, 3.8) is 0 Å². The van der Waals surface area contributed by atoms with E-state index >= 15 is 0 Å². The van der Waals surface area contributed by atoms with E-state index in [0.29, 0.717) is 5.92 Å². The van der Waals surface area contributed by atoms with Gasteiger partial charge in [-0.2, -0.15) is 0 Å². The molecule has 2 aromatic carbocycles. The van der Waals surface area contributed by atoms with E-state index < -0.39 is 0 Å². The first-order valence-electron chi connectivity index (χ1n) is 10.3. The van der Waals surface area contributed by atoms with Crippen LogP contribution >= 0.6 is 0 Å². The molecule has 0 nitrogen and oxygen atoms in total. The predicted octanol–water partition coefficient (Wildman–Crippen LogP) is 7.35. The highest BCUT2D eigenvalue weighted by Crippen LogP contribution is 2.29. The van der Waals surface area contributed by atoms with Crippen LogP contribution in [0.2, 0.25) is 0 Å². The lowest BCUT2D eigenvalue weighted by atomic mass is 9.83. The van der Waals surface area contributed by atoms with Gasteiger partial charge in [-0.05, 0) is 59.8 Å². The van der Waals surface area contributed by atoms with Crippen LogP contribution in [0.3, 0.4) is 0 Å². The summed E-state index contributed by atoms with van der Waals surface area (Å²) in [7, 11) is 0. The average molecular weight is 337 g/mol. The zero-order valence-corrected chi connectivity index (χ0v) is 16.7. The zero-order chi connectivity index (χ0) is 18.1. The van der Waals surface area contributed by atoms with Gasteiger partial charge in [0, 0.05) is 0 Å². The fourth-order valence-corrected chi connectivity index (χ4v) is 3.86. The minimum Gasteiger partial charge on any atom is -0.0654 e. The maximum Gasteiger partial charge on any atom is -0.0188 e. The van der Waals surface area contributed by atoms with Crippen molar-refractivity contribution in [2.75, 3.05) is 0 Å². The van der Waals surface area contributed by atoms with Crippen molar-refractivity contribution >= 4 is 0 Å². The molecular formula is C25H36. The van der Waals surface area contributed by atoms with Gasteiger partial charge in [-0.3, -0.25) is 0 Å². The minimum atomic E-state index is 0.641. The standard InChI is InChI=1S/C25H36/c1-5-8-11-23(18-24-14-9-12-21(6-2)17-24)16-20(4)25-15-10-13-22(7-3)19-25/h9-10,12-15,17,19-20,23H,5-8,11,16,18H2,1-4H3. The van der Waals surface area contributed by atoms with Crippen LogP contribution in [-0.2, 0) is 19.3 Å². The highest BCUT2D eigenvalue weighted by Gasteiger charge is 2.16. The van der Waals surface area contributed by atoms with E-state index in [0.717, 1.165) is 18.8 Å². The molecule has 2 aromatic rings. The molecule has 0 amide bonds. The van der Waals surface area contributed by atoms with E-state index in [4.69, 9.17) is 0 Å². The largest absolute Gasteiger partial charge is 0.0654 e. The van der Waals surface area contributed by atoms with Crippen LogP contribution in [0, 0.1) is 5.92 Å². The molecule has 0 spiro atoms. The van der Waals surface area contributed by atoms with Gasteiger partial charge in [0.2, 0.25) is 0 Å². The summed E-state index contributed by atoms with van der Waals surface area (Å²) in [4.78, 5) is 0. The van der Waals surface area contributed by atoms with Crippen molar-refractivity contribution in [1.29, 1.82) is 0 Å². The number of hydrogen-bond acceptors (Lipinski definition) is 0. The molecule has 2 atom stereocenters. The van der Waals surface area contributed by atoms with Crippen molar-refractivity contribution in [1.82, 2.24) is 0 Å². The van der Waals surface area contributed by atoms with E-state index in [9.17, 15) is 0 Å². The summed E-state index contributed by atoms with van der Waals surface area (Å²) in [6.45, 7) is 9.21. The van der Waals surface area contributed by atoms with Crippen molar-refractivity contribution in [2.24, 2.45) is 5.92 Å². The van der Waals surface area contributed by atoms with Crippen LogP contribution in [-0.4, -0.2) is 0 Å². The van der Waals surface area contributed by atoms with Crippen LogP contribution in [0.15, 0.2) is 48.5 Å². The average Bonchev–Trinajstić information content (AvgIpc) is 2.66. The van der Waals surface area contributed by atoms with Crippen molar-refractivity contribution in [2.45, 2.75) is 78.6 Å². The Kier molecular flexibility index (Phi) is 8.25. The van der Waals surface area contributed by atoms with Gasteiger partial charge in [0.15, 0.2) is 0 Å². The molecule has 0 aromatic heterocycles. The summed E-state index contributed by atoms with van der Waals surface area (Å²) < 4.78 is 0. The molecule has 0 heterocycles. The molecule has 0 aliphatic carbocycles. The summed E-state index contributed by atoms with van der Waals surface area (Å²) in [5, 5.41) is 0. The van der Waals surface area contributed by atoms with E-state index in [1.165, 1.54) is 54.4 Å². The van der Waals surface area contributed by atoms with Crippen LogP contribution in [0.1, 0.15) is 81.5 Å². The number of hydrogen-bond donors (Lipinski definition) is 0. The molecule has 0 N–H and O–H groups in total. The Morgan fingerprint density at radius 3 is 2.12 bits per heavy atom. The topological polar surface area (TPSA) is 0 Å². The van der Waals surface area contributed by atoms with Gasteiger partial charge < -0.3 is 0 Å². The van der Waals surface area contributed by atoms with Crippen LogP contribution < -0.4 is 0 Å². The molecule has 0 saturated carbocycles. The molecule has 136 valence electrons. The number of aryl methyl sites for hydroxylation is 2. The highest BCUT2D eigenvalue weighted by molar-refractivity contribution is 5.27. The van der Waals surface area contributed by atoms with Gasteiger partial charge in [0.1, 0.15) is 0 Å². The van der Waals surface area contributed by atoms with Gasteiger partial charge in [-0.15, -0.1) is 0 Å². The third-order valence-corrected chi connectivity index (χ3v) is 5.51. The van der Waals surface area contributed by atoms with E-state index in [2.05, 4.69) is 76.2 Å². The molecule has 0 radical (unpaired) electrons. The van der Waals surface area contributed by atoms with Crippen molar-refractivity contribution < 1.29 is 0 Å². The maximum atomic E-state index is 2.42. The van der Waals surface area contributed by atoms with E-state index in [1.54, 1.807) is 0 Å².